The maximum Gasteiger partial charge on any atom is 0.226 e. The van der Waals surface area contributed by atoms with Gasteiger partial charge in [0.05, 0.1) is 11.4 Å². The summed E-state index contributed by atoms with van der Waals surface area (Å²) in [5.41, 5.74) is 1.51. The molecule has 3 rings (SSSR count). The fraction of sp³-hybridized carbons (Fsp3) is 0.500. The van der Waals surface area contributed by atoms with Crippen molar-refractivity contribution in [3.8, 4) is 5.69 Å². The quantitative estimate of drug-likeness (QED) is 0.777. The van der Waals surface area contributed by atoms with Gasteiger partial charge in [0, 0.05) is 42.4 Å². The molecule has 0 saturated carbocycles. The zero-order chi connectivity index (χ0) is 21.0. The standard InChI is InChI=1S/C22H29ClN4O2/c1-22(2,3)18-15-19(27(25-18)17-9-7-16(23)8-10-17)24-20(28)11-12-21(29)26-13-5-4-6-14-26/h7-10,15H,4-6,11-14H2,1-3H3,(H,24,28). The molecule has 2 amide bonds. The molecule has 2 heterocycles. The molecule has 0 spiro atoms. The van der Waals surface area contributed by atoms with Crippen LogP contribution in [0.3, 0.4) is 0 Å². The normalized spacial score (nSPS) is 14.7. The van der Waals surface area contributed by atoms with Crippen molar-refractivity contribution < 1.29 is 9.59 Å². The SMILES string of the molecule is CC(C)(C)c1cc(NC(=O)CCC(=O)N2CCCCC2)n(-c2ccc(Cl)cc2)n1. The molecule has 156 valence electrons. The number of rotatable bonds is 5. The smallest absolute Gasteiger partial charge is 0.226 e. The van der Waals surface area contributed by atoms with Gasteiger partial charge in [-0.3, -0.25) is 9.59 Å². The number of halogens is 1. The minimum Gasteiger partial charge on any atom is -0.343 e. The third-order valence-corrected chi connectivity index (χ3v) is 5.34. The molecule has 0 radical (unpaired) electrons. The predicted octanol–water partition coefficient (Wildman–Crippen LogP) is 4.55. The lowest BCUT2D eigenvalue weighted by Crippen LogP contribution is -2.36. The van der Waals surface area contributed by atoms with Crippen LogP contribution in [0, 0.1) is 0 Å². The maximum atomic E-state index is 12.6. The predicted molar refractivity (Wildman–Crippen MR) is 116 cm³/mol. The summed E-state index contributed by atoms with van der Waals surface area (Å²) >= 11 is 6.00. The van der Waals surface area contributed by atoms with Crippen molar-refractivity contribution in [1.29, 1.82) is 0 Å². The first-order valence-electron chi connectivity index (χ1n) is 10.2. The van der Waals surface area contributed by atoms with Crippen molar-refractivity contribution in [3.05, 3.63) is 41.0 Å². The van der Waals surface area contributed by atoms with Crippen molar-refractivity contribution in [2.24, 2.45) is 0 Å². The van der Waals surface area contributed by atoms with Gasteiger partial charge in [0.15, 0.2) is 0 Å². The van der Waals surface area contributed by atoms with E-state index >= 15 is 0 Å². The summed E-state index contributed by atoms with van der Waals surface area (Å²) in [5, 5.41) is 8.26. The van der Waals surface area contributed by atoms with Gasteiger partial charge in [0.25, 0.3) is 0 Å². The van der Waals surface area contributed by atoms with Crippen LogP contribution in [0.5, 0.6) is 0 Å². The minimum absolute atomic E-state index is 0.0569. The van der Waals surface area contributed by atoms with Crippen LogP contribution >= 0.6 is 11.6 Å². The van der Waals surface area contributed by atoms with Gasteiger partial charge < -0.3 is 10.2 Å². The summed E-state index contributed by atoms with van der Waals surface area (Å²) in [7, 11) is 0. The highest BCUT2D eigenvalue weighted by Crippen LogP contribution is 2.27. The number of likely N-dealkylation sites (tertiary alicyclic amines) is 1. The van der Waals surface area contributed by atoms with Crippen LogP contribution in [0.25, 0.3) is 5.69 Å². The van der Waals surface area contributed by atoms with Crippen molar-refractivity contribution >= 4 is 29.2 Å². The van der Waals surface area contributed by atoms with Crippen molar-refractivity contribution in [2.45, 2.75) is 58.3 Å². The Hall–Kier alpha value is -2.34. The minimum atomic E-state index is -0.189. The first kappa shape index (κ1) is 21.4. The highest BCUT2D eigenvalue weighted by atomic mass is 35.5. The number of piperidine rings is 1. The number of anilines is 1. The van der Waals surface area contributed by atoms with Gasteiger partial charge in [-0.15, -0.1) is 0 Å². The molecular formula is C22H29ClN4O2. The second-order valence-electron chi connectivity index (χ2n) is 8.54. The summed E-state index contributed by atoms with van der Waals surface area (Å²) in [4.78, 5) is 26.7. The van der Waals surface area contributed by atoms with Gasteiger partial charge in [-0.1, -0.05) is 32.4 Å². The fourth-order valence-electron chi connectivity index (χ4n) is 3.34. The van der Waals surface area contributed by atoms with Crippen LogP contribution in [0.1, 0.15) is 58.6 Å². The molecular weight excluding hydrogens is 388 g/mol. The molecule has 2 aromatic rings. The van der Waals surface area contributed by atoms with E-state index in [4.69, 9.17) is 11.6 Å². The maximum absolute atomic E-state index is 12.6. The van der Waals surface area contributed by atoms with Crippen LogP contribution in [-0.4, -0.2) is 39.6 Å². The molecule has 1 saturated heterocycles. The lowest BCUT2D eigenvalue weighted by atomic mass is 9.92. The van der Waals surface area contributed by atoms with E-state index in [1.54, 1.807) is 16.8 Å². The second-order valence-corrected chi connectivity index (χ2v) is 8.98. The van der Waals surface area contributed by atoms with Crippen LogP contribution in [0.15, 0.2) is 30.3 Å². The topological polar surface area (TPSA) is 67.2 Å². The molecule has 6 nitrogen and oxygen atoms in total. The molecule has 0 unspecified atom stereocenters. The molecule has 1 aliphatic heterocycles. The van der Waals surface area contributed by atoms with Gasteiger partial charge in [-0.25, -0.2) is 4.68 Å². The van der Waals surface area contributed by atoms with Gasteiger partial charge in [-0.2, -0.15) is 5.10 Å². The van der Waals surface area contributed by atoms with Crippen molar-refractivity contribution in [3.63, 3.8) is 0 Å². The Bertz CT molecular complexity index is 862. The average Bonchev–Trinajstić information content (AvgIpc) is 3.11. The molecule has 1 aromatic heterocycles. The number of carbonyl (C=O) groups excluding carboxylic acids is 2. The molecule has 1 aromatic carbocycles. The van der Waals surface area contributed by atoms with E-state index in [9.17, 15) is 9.59 Å². The Balaban J connectivity index is 1.71. The molecule has 29 heavy (non-hydrogen) atoms. The molecule has 0 atom stereocenters. The molecule has 1 aliphatic rings. The molecule has 0 aliphatic carbocycles. The Kier molecular flexibility index (Phi) is 6.63. The fourth-order valence-corrected chi connectivity index (χ4v) is 3.47. The van der Waals surface area contributed by atoms with E-state index in [1.807, 2.05) is 23.1 Å². The van der Waals surface area contributed by atoms with E-state index < -0.39 is 0 Å². The number of benzene rings is 1. The summed E-state index contributed by atoms with van der Waals surface area (Å²) in [6, 6.07) is 9.18. The van der Waals surface area contributed by atoms with Gasteiger partial charge in [0.1, 0.15) is 5.82 Å². The number of amides is 2. The first-order chi connectivity index (χ1) is 13.7. The first-order valence-corrected chi connectivity index (χ1v) is 10.6. The summed E-state index contributed by atoms with van der Waals surface area (Å²) in [6.07, 6.45) is 3.66. The Labute approximate surface area is 177 Å². The Morgan fingerprint density at radius 3 is 2.34 bits per heavy atom. The summed E-state index contributed by atoms with van der Waals surface area (Å²) < 4.78 is 1.71. The summed E-state index contributed by atoms with van der Waals surface area (Å²) in [6.45, 7) is 7.83. The van der Waals surface area contributed by atoms with Gasteiger partial charge in [0.2, 0.25) is 11.8 Å². The van der Waals surface area contributed by atoms with E-state index in [-0.39, 0.29) is 30.1 Å². The monoisotopic (exact) mass is 416 g/mol. The van der Waals surface area contributed by atoms with E-state index in [0.717, 1.165) is 37.3 Å². The zero-order valence-corrected chi connectivity index (χ0v) is 18.1. The van der Waals surface area contributed by atoms with Crippen molar-refractivity contribution in [1.82, 2.24) is 14.7 Å². The van der Waals surface area contributed by atoms with Gasteiger partial charge in [-0.05, 0) is 43.5 Å². The lowest BCUT2D eigenvalue weighted by Gasteiger charge is -2.26. The number of aromatic nitrogens is 2. The second kappa shape index (κ2) is 8.99. The third-order valence-electron chi connectivity index (χ3n) is 5.09. The number of hydrogen-bond donors (Lipinski definition) is 1. The highest BCUT2D eigenvalue weighted by molar-refractivity contribution is 6.30. The summed E-state index contributed by atoms with van der Waals surface area (Å²) in [5.74, 6) is 0.458. The molecule has 1 fully saturated rings. The largest absolute Gasteiger partial charge is 0.343 e. The van der Waals surface area contributed by atoms with Crippen LogP contribution < -0.4 is 5.32 Å². The van der Waals surface area contributed by atoms with E-state index in [2.05, 4.69) is 31.2 Å². The van der Waals surface area contributed by atoms with E-state index in [1.165, 1.54) is 6.42 Å². The van der Waals surface area contributed by atoms with Crippen LogP contribution in [0.4, 0.5) is 5.82 Å². The molecule has 7 heteroatoms. The Morgan fingerprint density at radius 2 is 1.72 bits per heavy atom. The lowest BCUT2D eigenvalue weighted by molar-refractivity contribution is -0.133. The third kappa shape index (κ3) is 5.60. The van der Waals surface area contributed by atoms with Crippen LogP contribution in [0.2, 0.25) is 5.02 Å². The number of hydrogen-bond acceptors (Lipinski definition) is 3. The highest BCUT2D eigenvalue weighted by Gasteiger charge is 2.22. The average molecular weight is 417 g/mol. The number of carbonyl (C=O) groups is 2. The molecule has 0 bridgehead atoms. The molecule has 1 N–H and O–H groups in total. The van der Waals surface area contributed by atoms with E-state index in [0.29, 0.717) is 10.8 Å². The van der Waals surface area contributed by atoms with Crippen molar-refractivity contribution in [2.75, 3.05) is 18.4 Å². The van der Waals surface area contributed by atoms with Gasteiger partial charge >= 0.3 is 0 Å². The number of nitrogens with one attached hydrogen (secondary N) is 1. The Morgan fingerprint density at radius 1 is 1.07 bits per heavy atom. The van der Waals surface area contributed by atoms with Crippen LogP contribution in [-0.2, 0) is 15.0 Å². The number of nitrogens with zero attached hydrogens (tertiary/aromatic N) is 3. The zero-order valence-electron chi connectivity index (χ0n) is 17.4.